The highest BCUT2D eigenvalue weighted by Gasteiger charge is 2.19. The van der Waals surface area contributed by atoms with Crippen LogP contribution in [0.15, 0.2) is 12.2 Å². The van der Waals surface area contributed by atoms with E-state index in [0.29, 0.717) is 19.3 Å². The molecule has 1 atom stereocenters. The fraction of sp³-hybridized carbons (Fsp3) is 0.912. The number of allylic oxidation sites excluding steroid dienone is 2. The Morgan fingerprint density at radius 2 is 0.524 bits per heavy atom. The normalized spacial score (nSPS) is 12.0. The predicted molar refractivity (Wildman–Crippen MR) is 270 cm³/mol. The number of hydrogen-bond donors (Lipinski definition) is 0. The van der Waals surface area contributed by atoms with Crippen LogP contribution in [0.5, 0.6) is 0 Å². The van der Waals surface area contributed by atoms with Crippen molar-refractivity contribution in [1.82, 2.24) is 0 Å². The summed E-state index contributed by atoms with van der Waals surface area (Å²) in [5, 5.41) is 0. The Bertz CT molecular complexity index is 978. The van der Waals surface area contributed by atoms with Gasteiger partial charge in [0.05, 0.1) is 0 Å². The molecule has 0 aromatic heterocycles. The molecule has 0 saturated carbocycles. The molecule has 0 fully saturated rings. The van der Waals surface area contributed by atoms with Crippen LogP contribution in [-0.4, -0.2) is 37.2 Å². The monoisotopic (exact) mass is 889 g/mol. The average molecular weight is 889 g/mol. The number of carbonyl (C=O) groups is 3. The van der Waals surface area contributed by atoms with Gasteiger partial charge in [0.1, 0.15) is 13.2 Å². The second-order valence-corrected chi connectivity index (χ2v) is 19.2. The minimum atomic E-state index is -0.765. The van der Waals surface area contributed by atoms with Gasteiger partial charge in [0, 0.05) is 19.3 Å². The molecule has 0 rings (SSSR count). The van der Waals surface area contributed by atoms with Crippen LogP contribution in [0.2, 0.25) is 0 Å². The number of unbranched alkanes of at least 4 members (excludes halogenated alkanes) is 39. The molecular weight excluding hydrogens is 781 g/mol. The van der Waals surface area contributed by atoms with Crippen molar-refractivity contribution >= 4 is 17.9 Å². The summed E-state index contributed by atoms with van der Waals surface area (Å²) >= 11 is 0. The lowest BCUT2D eigenvalue weighted by Crippen LogP contribution is -2.30. The maximum absolute atomic E-state index is 12.8. The molecule has 0 saturated heterocycles. The predicted octanol–water partition coefficient (Wildman–Crippen LogP) is 18.5. The molecule has 0 aliphatic rings. The summed E-state index contributed by atoms with van der Waals surface area (Å²) in [5.41, 5.74) is 0. The highest BCUT2D eigenvalue weighted by atomic mass is 16.6. The fourth-order valence-corrected chi connectivity index (χ4v) is 8.50. The van der Waals surface area contributed by atoms with E-state index >= 15 is 0 Å². The first-order chi connectivity index (χ1) is 31.0. The van der Waals surface area contributed by atoms with Crippen molar-refractivity contribution in [2.75, 3.05) is 13.2 Å². The van der Waals surface area contributed by atoms with Crippen LogP contribution < -0.4 is 0 Å². The van der Waals surface area contributed by atoms with E-state index in [0.717, 1.165) is 57.8 Å². The van der Waals surface area contributed by atoms with E-state index in [9.17, 15) is 14.4 Å². The van der Waals surface area contributed by atoms with Gasteiger partial charge in [0.15, 0.2) is 6.10 Å². The molecule has 0 bridgehead atoms. The number of carbonyl (C=O) groups excluding carboxylic acids is 3. The quantitative estimate of drug-likeness (QED) is 0.0262. The van der Waals surface area contributed by atoms with Crippen molar-refractivity contribution in [3.8, 4) is 0 Å². The Morgan fingerprint density at radius 3 is 0.794 bits per heavy atom. The van der Waals surface area contributed by atoms with Gasteiger partial charge in [0.2, 0.25) is 0 Å². The first-order valence-electron chi connectivity index (χ1n) is 28.2. The van der Waals surface area contributed by atoms with Crippen LogP contribution in [0.3, 0.4) is 0 Å². The Balaban J connectivity index is 4.27. The van der Waals surface area contributed by atoms with Crippen LogP contribution in [-0.2, 0) is 28.6 Å². The summed E-state index contributed by atoms with van der Waals surface area (Å²) in [4.78, 5) is 38.0. The summed E-state index contributed by atoms with van der Waals surface area (Å²) in [6, 6.07) is 0. The molecule has 0 aliphatic carbocycles. The molecule has 0 amide bonds. The lowest BCUT2D eigenvalue weighted by Gasteiger charge is -2.18. The standard InChI is InChI=1S/C57H108O6/c1-4-7-10-13-16-19-22-24-26-28-30-32-35-37-40-43-46-49-55(58)61-52-54(63-57(60)51-48-45-42-39-34-21-18-15-12-9-6-3)53-62-56(59)50-47-44-41-38-36-33-31-29-27-25-23-20-17-14-11-8-5-2/h24,26,54H,4-23,25,27-53H2,1-3H3/b26-24-/t54-/m1/s1. The van der Waals surface area contributed by atoms with Gasteiger partial charge in [-0.3, -0.25) is 14.4 Å². The average Bonchev–Trinajstić information content (AvgIpc) is 3.28. The maximum atomic E-state index is 12.8. The minimum Gasteiger partial charge on any atom is -0.462 e. The molecule has 372 valence electrons. The number of hydrogen-bond acceptors (Lipinski definition) is 6. The van der Waals surface area contributed by atoms with Crippen LogP contribution in [0.1, 0.15) is 316 Å². The second-order valence-electron chi connectivity index (χ2n) is 19.2. The Kier molecular flexibility index (Phi) is 51.2. The van der Waals surface area contributed by atoms with Gasteiger partial charge >= 0.3 is 17.9 Å². The molecule has 0 N–H and O–H groups in total. The maximum Gasteiger partial charge on any atom is 0.306 e. The lowest BCUT2D eigenvalue weighted by atomic mass is 10.0. The van der Waals surface area contributed by atoms with Crippen molar-refractivity contribution in [3.05, 3.63) is 12.2 Å². The molecule has 63 heavy (non-hydrogen) atoms. The van der Waals surface area contributed by atoms with Crippen LogP contribution >= 0.6 is 0 Å². The summed E-state index contributed by atoms with van der Waals surface area (Å²) in [7, 11) is 0. The van der Waals surface area contributed by atoms with E-state index in [-0.39, 0.29) is 31.1 Å². The molecule has 0 aliphatic heterocycles. The largest absolute Gasteiger partial charge is 0.462 e. The summed E-state index contributed by atoms with van der Waals surface area (Å²) in [5.74, 6) is -0.849. The molecular formula is C57H108O6. The van der Waals surface area contributed by atoms with Crippen LogP contribution in [0.25, 0.3) is 0 Å². The molecule has 6 nitrogen and oxygen atoms in total. The zero-order valence-electron chi connectivity index (χ0n) is 42.6. The Hall–Kier alpha value is -1.85. The van der Waals surface area contributed by atoms with Crippen molar-refractivity contribution in [2.45, 2.75) is 322 Å². The lowest BCUT2D eigenvalue weighted by molar-refractivity contribution is -0.167. The van der Waals surface area contributed by atoms with Crippen molar-refractivity contribution < 1.29 is 28.6 Å². The van der Waals surface area contributed by atoms with E-state index in [1.165, 1.54) is 218 Å². The Labute approximate surface area is 392 Å². The molecule has 0 radical (unpaired) electrons. The van der Waals surface area contributed by atoms with E-state index in [4.69, 9.17) is 14.2 Å². The van der Waals surface area contributed by atoms with Gasteiger partial charge in [-0.1, -0.05) is 264 Å². The zero-order chi connectivity index (χ0) is 45.8. The van der Waals surface area contributed by atoms with E-state index in [1.54, 1.807) is 0 Å². The first-order valence-corrected chi connectivity index (χ1v) is 28.2. The Morgan fingerprint density at radius 1 is 0.302 bits per heavy atom. The van der Waals surface area contributed by atoms with Gasteiger partial charge < -0.3 is 14.2 Å². The third-order valence-corrected chi connectivity index (χ3v) is 12.8. The van der Waals surface area contributed by atoms with Crippen molar-refractivity contribution in [1.29, 1.82) is 0 Å². The zero-order valence-corrected chi connectivity index (χ0v) is 42.6. The first kappa shape index (κ1) is 61.1. The molecule has 0 heterocycles. The SMILES string of the molecule is CCCCCCCC/C=C\CCCCCCCCCC(=O)OC[C@H](COC(=O)CCCCCCCCCCCCCCCCCCC)OC(=O)CCCCCCCCCCCCC. The molecule has 6 heteroatoms. The van der Waals surface area contributed by atoms with E-state index < -0.39 is 6.10 Å². The van der Waals surface area contributed by atoms with Crippen molar-refractivity contribution in [2.24, 2.45) is 0 Å². The number of ether oxygens (including phenoxy) is 3. The molecule has 0 aromatic rings. The van der Waals surface area contributed by atoms with E-state index in [1.807, 2.05) is 0 Å². The smallest absolute Gasteiger partial charge is 0.306 e. The summed E-state index contributed by atoms with van der Waals surface area (Å²) in [6.45, 7) is 6.67. The van der Waals surface area contributed by atoms with Gasteiger partial charge in [-0.25, -0.2) is 0 Å². The van der Waals surface area contributed by atoms with Gasteiger partial charge in [-0.05, 0) is 44.9 Å². The highest BCUT2D eigenvalue weighted by Crippen LogP contribution is 2.17. The minimum absolute atomic E-state index is 0.0655. The van der Waals surface area contributed by atoms with Gasteiger partial charge in [-0.2, -0.15) is 0 Å². The van der Waals surface area contributed by atoms with Crippen molar-refractivity contribution in [3.63, 3.8) is 0 Å². The number of rotatable bonds is 52. The van der Waals surface area contributed by atoms with Crippen LogP contribution in [0, 0.1) is 0 Å². The number of esters is 3. The van der Waals surface area contributed by atoms with E-state index in [2.05, 4.69) is 32.9 Å². The third-order valence-electron chi connectivity index (χ3n) is 12.8. The summed E-state index contributed by atoms with van der Waals surface area (Å²) in [6.07, 6.45) is 59.1. The van der Waals surface area contributed by atoms with Gasteiger partial charge in [0.25, 0.3) is 0 Å². The third kappa shape index (κ3) is 51.0. The highest BCUT2D eigenvalue weighted by molar-refractivity contribution is 5.71. The fourth-order valence-electron chi connectivity index (χ4n) is 8.50. The molecule has 0 spiro atoms. The summed E-state index contributed by atoms with van der Waals surface area (Å²) < 4.78 is 16.8. The molecule has 0 aromatic carbocycles. The topological polar surface area (TPSA) is 78.9 Å². The van der Waals surface area contributed by atoms with Crippen LogP contribution in [0.4, 0.5) is 0 Å². The molecule has 0 unspecified atom stereocenters. The second kappa shape index (κ2) is 52.8. The van der Waals surface area contributed by atoms with Gasteiger partial charge in [-0.15, -0.1) is 0 Å².